The van der Waals surface area contributed by atoms with Crippen molar-refractivity contribution in [2.45, 2.75) is 38.8 Å². The van der Waals surface area contributed by atoms with Gasteiger partial charge in [0.15, 0.2) is 0 Å². The Kier molecular flexibility index (Phi) is 3.65. The van der Waals surface area contributed by atoms with Crippen molar-refractivity contribution in [1.29, 1.82) is 0 Å². The minimum atomic E-state index is -0.194. The third-order valence-corrected chi connectivity index (χ3v) is 3.84. The summed E-state index contributed by atoms with van der Waals surface area (Å²) >= 11 is 0. The summed E-state index contributed by atoms with van der Waals surface area (Å²) in [7, 11) is 0. The molecule has 0 aromatic carbocycles. The number of hydrogen-bond donors (Lipinski definition) is 1. The van der Waals surface area contributed by atoms with E-state index in [1.165, 1.54) is 6.42 Å². The van der Waals surface area contributed by atoms with Crippen LogP contribution in [0.3, 0.4) is 0 Å². The quantitative estimate of drug-likeness (QED) is 0.762. The number of rotatable bonds is 3. The summed E-state index contributed by atoms with van der Waals surface area (Å²) < 4.78 is 5.31. The number of β-amino-alcohol motifs (C(OH)–C–C–N with tert-alkyl or cyclic N) is 1. The third kappa shape index (κ3) is 2.71. The molecule has 2 aliphatic heterocycles. The van der Waals surface area contributed by atoms with E-state index >= 15 is 0 Å². The highest BCUT2D eigenvalue weighted by molar-refractivity contribution is 4.84. The molecule has 2 saturated heterocycles. The van der Waals surface area contributed by atoms with E-state index in [1.54, 1.807) is 0 Å². The summed E-state index contributed by atoms with van der Waals surface area (Å²) in [5.74, 6) is 1.15. The van der Waals surface area contributed by atoms with Gasteiger partial charge in [-0.2, -0.15) is 0 Å². The van der Waals surface area contributed by atoms with Gasteiger partial charge in [-0.05, 0) is 25.7 Å². The maximum absolute atomic E-state index is 10.1. The minimum Gasteiger partial charge on any atom is -0.391 e. The first-order valence-electron chi connectivity index (χ1n) is 6.16. The van der Waals surface area contributed by atoms with Crippen LogP contribution >= 0.6 is 0 Å². The zero-order chi connectivity index (χ0) is 10.8. The van der Waals surface area contributed by atoms with E-state index in [2.05, 4.69) is 18.7 Å². The monoisotopic (exact) mass is 213 g/mol. The van der Waals surface area contributed by atoms with Crippen LogP contribution in [0, 0.1) is 11.8 Å². The summed E-state index contributed by atoms with van der Waals surface area (Å²) in [5.41, 5.74) is 0. The van der Waals surface area contributed by atoms with Gasteiger partial charge in [-0.15, -0.1) is 0 Å². The summed E-state index contributed by atoms with van der Waals surface area (Å²) in [6.45, 7) is 8.11. The molecule has 2 rings (SSSR count). The number of likely N-dealkylation sites (tertiary alicyclic amines) is 1. The van der Waals surface area contributed by atoms with Crippen molar-refractivity contribution >= 4 is 0 Å². The fraction of sp³-hybridized carbons (Fsp3) is 1.00. The van der Waals surface area contributed by atoms with Crippen LogP contribution in [0.25, 0.3) is 0 Å². The summed E-state index contributed by atoms with van der Waals surface area (Å²) in [6, 6.07) is 0.636. The van der Waals surface area contributed by atoms with E-state index in [1.807, 2.05) is 0 Å². The van der Waals surface area contributed by atoms with Crippen LogP contribution < -0.4 is 0 Å². The average Bonchev–Trinajstić information content (AvgIpc) is 2.76. The molecule has 0 radical (unpaired) electrons. The molecule has 3 heteroatoms. The lowest BCUT2D eigenvalue weighted by Gasteiger charge is -2.26. The van der Waals surface area contributed by atoms with Crippen molar-refractivity contribution in [3.8, 4) is 0 Å². The van der Waals surface area contributed by atoms with Gasteiger partial charge in [-0.25, -0.2) is 0 Å². The third-order valence-electron chi connectivity index (χ3n) is 3.84. The molecule has 2 aliphatic rings. The summed E-state index contributed by atoms with van der Waals surface area (Å²) in [4.78, 5) is 2.42. The normalized spacial score (nSPS) is 39.8. The highest BCUT2D eigenvalue weighted by Crippen LogP contribution is 2.24. The number of aliphatic hydroxyl groups excluding tert-OH is 1. The second kappa shape index (κ2) is 4.81. The van der Waals surface area contributed by atoms with Crippen molar-refractivity contribution in [3.05, 3.63) is 0 Å². The molecule has 0 aromatic heterocycles. The lowest BCUT2D eigenvalue weighted by atomic mass is 10.0. The second-order valence-corrected chi connectivity index (χ2v) is 5.33. The molecule has 15 heavy (non-hydrogen) atoms. The highest BCUT2D eigenvalue weighted by Gasteiger charge is 2.31. The van der Waals surface area contributed by atoms with Crippen molar-refractivity contribution in [3.63, 3.8) is 0 Å². The van der Waals surface area contributed by atoms with Gasteiger partial charge in [0.25, 0.3) is 0 Å². The largest absolute Gasteiger partial charge is 0.391 e. The van der Waals surface area contributed by atoms with Crippen molar-refractivity contribution in [1.82, 2.24) is 4.90 Å². The van der Waals surface area contributed by atoms with Gasteiger partial charge in [-0.1, -0.05) is 6.92 Å². The number of hydrogen-bond acceptors (Lipinski definition) is 3. The zero-order valence-corrected chi connectivity index (χ0v) is 9.85. The van der Waals surface area contributed by atoms with E-state index in [9.17, 15) is 5.11 Å². The van der Waals surface area contributed by atoms with Gasteiger partial charge in [0.2, 0.25) is 0 Å². The van der Waals surface area contributed by atoms with Crippen LogP contribution in [0.4, 0.5) is 0 Å². The van der Waals surface area contributed by atoms with Crippen molar-refractivity contribution in [2.24, 2.45) is 11.8 Å². The molecule has 88 valence electrons. The van der Waals surface area contributed by atoms with Crippen LogP contribution in [0.15, 0.2) is 0 Å². The molecule has 0 bridgehead atoms. The van der Waals surface area contributed by atoms with Gasteiger partial charge in [0.1, 0.15) is 0 Å². The molecule has 4 atom stereocenters. The fourth-order valence-electron chi connectivity index (χ4n) is 2.89. The SMILES string of the molecule is CC1CC(C)N(CC(O)C2CCOC2)C1. The Balaban J connectivity index is 1.80. The molecule has 2 fully saturated rings. The van der Waals surface area contributed by atoms with Gasteiger partial charge < -0.3 is 9.84 Å². The lowest BCUT2D eigenvalue weighted by molar-refractivity contribution is 0.0533. The topological polar surface area (TPSA) is 32.7 Å². The predicted octanol–water partition coefficient (Wildman–Crippen LogP) is 1.11. The molecule has 3 nitrogen and oxygen atoms in total. The fourth-order valence-corrected chi connectivity index (χ4v) is 2.89. The first-order chi connectivity index (χ1) is 7.16. The second-order valence-electron chi connectivity index (χ2n) is 5.33. The Hall–Kier alpha value is -0.120. The summed E-state index contributed by atoms with van der Waals surface area (Å²) in [6.07, 6.45) is 2.10. The minimum absolute atomic E-state index is 0.194. The van der Waals surface area contributed by atoms with Gasteiger partial charge in [0.05, 0.1) is 12.7 Å². The lowest BCUT2D eigenvalue weighted by Crippen LogP contribution is -2.38. The smallest absolute Gasteiger partial charge is 0.0718 e. The van der Waals surface area contributed by atoms with E-state index in [-0.39, 0.29) is 6.10 Å². The molecule has 4 unspecified atom stereocenters. The molecule has 0 saturated carbocycles. The van der Waals surface area contributed by atoms with Crippen LogP contribution in [0.5, 0.6) is 0 Å². The van der Waals surface area contributed by atoms with Crippen LogP contribution in [-0.4, -0.2) is 48.5 Å². The van der Waals surface area contributed by atoms with Crippen molar-refractivity contribution < 1.29 is 9.84 Å². The average molecular weight is 213 g/mol. The van der Waals surface area contributed by atoms with Gasteiger partial charge in [-0.3, -0.25) is 4.90 Å². The van der Waals surface area contributed by atoms with Crippen molar-refractivity contribution in [2.75, 3.05) is 26.3 Å². The standard InChI is InChI=1S/C12H23NO2/c1-9-5-10(2)13(6-9)7-12(14)11-3-4-15-8-11/h9-12,14H,3-8H2,1-2H3. The molecule has 0 spiro atoms. The van der Waals surface area contributed by atoms with E-state index in [0.717, 1.165) is 38.6 Å². The molecular weight excluding hydrogens is 190 g/mol. The first-order valence-corrected chi connectivity index (χ1v) is 6.16. The Morgan fingerprint density at radius 1 is 1.47 bits per heavy atom. The zero-order valence-electron chi connectivity index (χ0n) is 9.85. The Labute approximate surface area is 92.4 Å². The first kappa shape index (κ1) is 11.4. The molecular formula is C12H23NO2. The Morgan fingerprint density at radius 3 is 2.80 bits per heavy atom. The Morgan fingerprint density at radius 2 is 2.27 bits per heavy atom. The maximum Gasteiger partial charge on any atom is 0.0718 e. The van der Waals surface area contributed by atoms with E-state index in [4.69, 9.17) is 4.74 Å². The van der Waals surface area contributed by atoms with Gasteiger partial charge in [0, 0.05) is 31.7 Å². The van der Waals surface area contributed by atoms with Crippen LogP contribution in [0.2, 0.25) is 0 Å². The van der Waals surface area contributed by atoms with Crippen LogP contribution in [-0.2, 0) is 4.74 Å². The van der Waals surface area contributed by atoms with E-state index in [0.29, 0.717) is 12.0 Å². The number of ether oxygens (including phenoxy) is 1. The molecule has 1 N–H and O–H groups in total. The van der Waals surface area contributed by atoms with E-state index < -0.39 is 0 Å². The van der Waals surface area contributed by atoms with Gasteiger partial charge >= 0.3 is 0 Å². The predicted molar refractivity (Wildman–Crippen MR) is 59.7 cm³/mol. The highest BCUT2D eigenvalue weighted by atomic mass is 16.5. The Bertz CT molecular complexity index is 204. The molecule has 0 amide bonds. The molecule has 2 heterocycles. The number of nitrogens with zero attached hydrogens (tertiary/aromatic N) is 1. The maximum atomic E-state index is 10.1. The molecule has 0 aliphatic carbocycles. The molecule has 0 aromatic rings. The number of aliphatic hydroxyl groups is 1. The summed E-state index contributed by atoms with van der Waals surface area (Å²) in [5, 5.41) is 10.1. The van der Waals surface area contributed by atoms with Crippen LogP contribution in [0.1, 0.15) is 26.7 Å².